The van der Waals surface area contributed by atoms with Crippen LogP contribution >= 0.6 is 11.8 Å². The maximum Gasteiger partial charge on any atom is 0.316 e. The lowest BCUT2D eigenvalue weighted by Gasteiger charge is -2.35. The lowest BCUT2D eigenvalue weighted by Crippen LogP contribution is -2.27. The van der Waals surface area contributed by atoms with Gasteiger partial charge in [-0.1, -0.05) is 84.4 Å². The van der Waals surface area contributed by atoms with Gasteiger partial charge in [0.25, 0.3) is 0 Å². The molecule has 4 aromatic carbocycles. The Kier molecular flexibility index (Phi) is 8.34. The van der Waals surface area contributed by atoms with Crippen molar-refractivity contribution in [2.45, 2.75) is 18.3 Å². The first-order chi connectivity index (χ1) is 17.5. The van der Waals surface area contributed by atoms with E-state index in [1.807, 2.05) is 73.7 Å². The number of methoxy groups -OCH3 is 2. The van der Waals surface area contributed by atoms with Crippen LogP contribution in [0.3, 0.4) is 0 Å². The van der Waals surface area contributed by atoms with Gasteiger partial charge < -0.3 is 14.2 Å². The van der Waals surface area contributed by atoms with Gasteiger partial charge in [0.15, 0.2) is 0 Å². The fourth-order valence-electron chi connectivity index (χ4n) is 4.13. The van der Waals surface area contributed by atoms with E-state index in [1.165, 1.54) is 5.56 Å². The van der Waals surface area contributed by atoms with E-state index in [4.69, 9.17) is 14.2 Å². The molecular weight excluding hydrogens is 468 g/mol. The monoisotopic (exact) mass is 498 g/mol. The summed E-state index contributed by atoms with van der Waals surface area (Å²) in [5.41, 5.74) is 5.29. The number of rotatable bonds is 10. The third-order valence-electron chi connectivity index (χ3n) is 6.10. The summed E-state index contributed by atoms with van der Waals surface area (Å²) in [6.07, 6.45) is 0. The molecule has 0 saturated carbocycles. The molecule has 0 amide bonds. The van der Waals surface area contributed by atoms with Crippen molar-refractivity contribution in [2.24, 2.45) is 0 Å². The first-order valence-corrected chi connectivity index (χ1v) is 12.7. The molecule has 4 nitrogen and oxygen atoms in total. The van der Waals surface area contributed by atoms with E-state index in [-0.39, 0.29) is 18.3 Å². The van der Waals surface area contributed by atoms with E-state index in [9.17, 15) is 4.79 Å². The van der Waals surface area contributed by atoms with E-state index in [0.717, 1.165) is 33.8 Å². The van der Waals surface area contributed by atoms with Gasteiger partial charge >= 0.3 is 5.97 Å². The fraction of sp³-hybridized carbons (Fsp3) is 0.194. The Balaban J connectivity index is 1.69. The Labute approximate surface area is 217 Å². The van der Waals surface area contributed by atoms with Crippen LogP contribution in [0, 0.1) is 6.92 Å². The van der Waals surface area contributed by atoms with E-state index in [0.29, 0.717) is 0 Å². The summed E-state index contributed by atoms with van der Waals surface area (Å²) in [5, 5.41) is 0. The number of esters is 1. The number of hydrogen-bond donors (Lipinski definition) is 0. The van der Waals surface area contributed by atoms with Crippen molar-refractivity contribution in [2.75, 3.05) is 20.0 Å². The topological polar surface area (TPSA) is 44.8 Å². The highest BCUT2D eigenvalue weighted by Crippen LogP contribution is 2.49. The smallest absolute Gasteiger partial charge is 0.316 e. The Hall–Kier alpha value is -3.70. The summed E-state index contributed by atoms with van der Waals surface area (Å²) in [7, 11) is 3.31. The molecule has 0 aliphatic heterocycles. The average Bonchev–Trinajstić information content (AvgIpc) is 2.94. The molecule has 5 heteroatoms. The van der Waals surface area contributed by atoms with Crippen LogP contribution in [-0.4, -0.2) is 25.9 Å². The maximum absolute atomic E-state index is 12.9. The molecule has 184 valence electrons. The first kappa shape index (κ1) is 25.4. The molecule has 0 bridgehead atoms. The molecule has 0 aliphatic carbocycles. The van der Waals surface area contributed by atoms with Gasteiger partial charge in [-0.05, 0) is 53.4 Å². The van der Waals surface area contributed by atoms with Gasteiger partial charge in [0.05, 0.1) is 24.7 Å². The van der Waals surface area contributed by atoms with Crippen molar-refractivity contribution < 1.29 is 19.0 Å². The highest BCUT2D eigenvalue weighted by molar-refractivity contribution is 8.01. The number of benzene rings is 4. The third kappa shape index (κ3) is 5.74. The average molecular weight is 499 g/mol. The van der Waals surface area contributed by atoms with Gasteiger partial charge in [-0.25, -0.2) is 0 Å². The van der Waals surface area contributed by atoms with Crippen LogP contribution in [0.15, 0.2) is 103 Å². The summed E-state index contributed by atoms with van der Waals surface area (Å²) in [5.74, 6) is 1.47. The second-order valence-electron chi connectivity index (χ2n) is 8.44. The zero-order chi connectivity index (χ0) is 25.4. The Morgan fingerprint density at radius 2 is 1.19 bits per heavy atom. The number of carbonyl (C=O) groups is 1. The lowest BCUT2D eigenvalue weighted by atomic mass is 9.84. The van der Waals surface area contributed by atoms with E-state index < -0.39 is 4.75 Å². The van der Waals surface area contributed by atoms with Crippen LogP contribution in [0.2, 0.25) is 0 Å². The van der Waals surface area contributed by atoms with Crippen LogP contribution in [0.25, 0.3) is 0 Å². The molecule has 0 heterocycles. The van der Waals surface area contributed by atoms with Gasteiger partial charge in [-0.2, -0.15) is 0 Å². The molecule has 36 heavy (non-hydrogen) atoms. The van der Waals surface area contributed by atoms with Gasteiger partial charge in [0, 0.05) is 0 Å². The third-order valence-corrected chi connectivity index (χ3v) is 7.62. The van der Waals surface area contributed by atoms with Crippen molar-refractivity contribution in [3.63, 3.8) is 0 Å². The number of thioether (sulfide) groups is 1. The van der Waals surface area contributed by atoms with Crippen molar-refractivity contribution in [1.29, 1.82) is 0 Å². The van der Waals surface area contributed by atoms with Gasteiger partial charge in [0.2, 0.25) is 0 Å². The summed E-state index contributed by atoms with van der Waals surface area (Å²) in [6, 6.07) is 34.3. The lowest BCUT2D eigenvalue weighted by molar-refractivity contribution is -0.141. The normalized spacial score (nSPS) is 11.1. The first-order valence-electron chi connectivity index (χ1n) is 11.7. The highest BCUT2D eigenvalue weighted by Gasteiger charge is 2.38. The second-order valence-corrected chi connectivity index (χ2v) is 9.63. The molecule has 0 spiro atoms. The summed E-state index contributed by atoms with van der Waals surface area (Å²) >= 11 is 1.54. The maximum atomic E-state index is 12.9. The molecule has 0 unspecified atom stereocenters. The van der Waals surface area contributed by atoms with E-state index in [2.05, 4.69) is 36.4 Å². The Morgan fingerprint density at radius 1 is 0.694 bits per heavy atom. The van der Waals surface area contributed by atoms with E-state index in [1.54, 1.807) is 26.0 Å². The van der Waals surface area contributed by atoms with Crippen molar-refractivity contribution in [1.82, 2.24) is 0 Å². The number of carbonyl (C=O) groups excluding carboxylic acids is 1. The largest absolute Gasteiger partial charge is 0.497 e. The SMILES string of the molecule is COc1ccc(C(SCC(=O)OCc2ccc(C)cc2)(c2ccccc2)c2ccc(OC)cc2)cc1. The van der Waals surface area contributed by atoms with Crippen molar-refractivity contribution in [3.8, 4) is 11.5 Å². The molecular formula is C31H30O4S. The van der Waals surface area contributed by atoms with Crippen LogP contribution in [0.1, 0.15) is 27.8 Å². The zero-order valence-electron chi connectivity index (χ0n) is 20.8. The van der Waals surface area contributed by atoms with Crippen molar-refractivity contribution >= 4 is 17.7 Å². The van der Waals surface area contributed by atoms with E-state index >= 15 is 0 Å². The Bertz CT molecular complexity index is 1200. The molecule has 0 radical (unpaired) electrons. The predicted molar refractivity (Wildman–Crippen MR) is 146 cm³/mol. The fourth-order valence-corrected chi connectivity index (χ4v) is 5.46. The van der Waals surface area contributed by atoms with Gasteiger partial charge in [0.1, 0.15) is 18.1 Å². The zero-order valence-corrected chi connectivity index (χ0v) is 21.6. The molecule has 0 fully saturated rings. The van der Waals surface area contributed by atoms with Gasteiger partial charge in [-0.3, -0.25) is 4.79 Å². The minimum Gasteiger partial charge on any atom is -0.497 e. The van der Waals surface area contributed by atoms with Crippen molar-refractivity contribution in [3.05, 3.63) is 131 Å². The molecule has 0 aromatic heterocycles. The minimum atomic E-state index is -0.650. The molecule has 0 aliphatic rings. The molecule has 4 aromatic rings. The number of ether oxygens (including phenoxy) is 3. The number of hydrogen-bond acceptors (Lipinski definition) is 5. The molecule has 0 N–H and O–H groups in total. The summed E-state index contributed by atoms with van der Waals surface area (Å²) in [4.78, 5) is 12.9. The molecule has 0 atom stereocenters. The van der Waals surface area contributed by atoms with Gasteiger partial charge in [-0.15, -0.1) is 11.8 Å². The van der Waals surface area contributed by atoms with Crippen LogP contribution in [0.5, 0.6) is 11.5 Å². The second kappa shape index (κ2) is 11.8. The van der Waals surface area contributed by atoms with Crippen LogP contribution in [0.4, 0.5) is 0 Å². The predicted octanol–water partition coefficient (Wildman–Crippen LogP) is 6.78. The molecule has 0 saturated heterocycles. The Morgan fingerprint density at radius 3 is 1.69 bits per heavy atom. The molecule has 4 rings (SSSR count). The quantitative estimate of drug-likeness (QED) is 0.178. The highest BCUT2D eigenvalue weighted by atomic mass is 32.2. The summed E-state index contributed by atoms with van der Waals surface area (Å²) < 4.78 is 15.8. The van der Waals surface area contributed by atoms with Crippen LogP contribution in [-0.2, 0) is 20.9 Å². The minimum absolute atomic E-state index is 0.179. The standard InChI is InChI=1S/C31H30O4S/c1-23-9-11-24(12-10-23)21-35-30(32)22-36-31(25-7-5-4-6-8-25,26-13-17-28(33-2)18-14-26)27-15-19-29(34-3)20-16-27/h4-20H,21-22H2,1-3H3. The van der Waals surface area contributed by atoms with Crippen LogP contribution < -0.4 is 9.47 Å². The number of aryl methyl sites for hydroxylation is 1. The summed E-state index contributed by atoms with van der Waals surface area (Å²) in [6.45, 7) is 2.29.